The molecule has 9 heteroatoms. The number of carbonyl (C=O) groups excluding carboxylic acids is 1. The molecule has 1 fully saturated rings. The minimum absolute atomic E-state index is 0.207. The molecule has 0 bridgehead atoms. The lowest BCUT2D eigenvalue weighted by Crippen LogP contribution is -2.60. The topological polar surface area (TPSA) is 149 Å². The average molecular weight is 1080 g/mol. The van der Waals surface area contributed by atoms with Crippen LogP contribution in [0.15, 0.2) is 158 Å². The summed E-state index contributed by atoms with van der Waals surface area (Å²) in [5.41, 5.74) is 0. The van der Waals surface area contributed by atoms with E-state index >= 15 is 0 Å². The van der Waals surface area contributed by atoms with Crippen molar-refractivity contribution in [3.05, 3.63) is 158 Å². The molecule has 0 aliphatic carbocycles. The Hall–Kier alpha value is -4.19. The summed E-state index contributed by atoms with van der Waals surface area (Å²) in [5.74, 6) is -0.207. The minimum Gasteiger partial charge on any atom is -0.394 e. The van der Waals surface area contributed by atoms with Crippen LogP contribution < -0.4 is 5.32 Å². The molecule has 6 N–H and O–H groups in total. The zero-order valence-corrected chi connectivity index (χ0v) is 48.8. The molecule has 0 radical (unpaired) electrons. The first-order chi connectivity index (χ1) is 38.3. The molecule has 0 spiro atoms. The summed E-state index contributed by atoms with van der Waals surface area (Å²) in [5, 5.41) is 54.5. The number of allylic oxidation sites excluding steroid dienone is 25. The van der Waals surface area contributed by atoms with Crippen molar-refractivity contribution in [3.63, 3.8) is 0 Å². The van der Waals surface area contributed by atoms with E-state index in [0.717, 1.165) is 128 Å². The highest BCUT2D eigenvalue weighted by Crippen LogP contribution is 2.23. The first-order valence-electron chi connectivity index (χ1n) is 30.7. The molecule has 1 aliphatic heterocycles. The third-order valence-electron chi connectivity index (χ3n) is 13.3. The van der Waals surface area contributed by atoms with E-state index in [-0.39, 0.29) is 12.5 Å². The third kappa shape index (κ3) is 44.6. The van der Waals surface area contributed by atoms with Crippen LogP contribution in [0.3, 0.4) is 0 Å². The molecule has 0 aromatic heterocycles. The van der Waals surface area contributed by atoms with Crippen molar-refractivity contribution in [1.29, 1.82) is 0 Å². The van der Waals surface area contributed by atoms with Crippen LogP contribution in [0.1, 0.15) is 213 Å². The van der Waals surface area contributed by atoms with Crippen LogP contribution in [0.25, 0.3) is 0 Å². The summed E-state index contributed by atoms with van der Waals surface area (Å²) in [6.07, 6.45) is 81.7. The van der Waals surface area contributed by atoms with Gasteiger partial charge in [0.2, 0.25) is 5.91 Å². The molecule has 1 aliphatic rings. The molecular formula is C69H111NO8. The number of hydrogen-bond acceptors (Lipinski definition) is 8. The van der Waals surface area contributed by atoms with Gasteiger partial charge in [0.25, 0.3) is 0 Å². The fourth-order valence-corrected chi connectivity index (χ4v) is 8.51. The lowest BCUT2D eigenvalue weighted by molar-refractivity contribution is -0.302. The summed E-state index contributed by atoms with van der Waals surface area (Å²) < 4.78 is 11.2. The highest BCUT2D eigenvalue weighted by Gasteiger charge is 2.44. The van der Waals surface area contributed by atoms with Crippen molar-refractivity contribution in [2.24, 2.45) is 0 Å². The molecule has 0 aromatic carbocycles. The molecule has 7 unspecified atom stereocenters. The number of ether oxygens (including phenoxy) is 2. The summed E-state index contributed by atoms with van der Waals surface area (Å²) in [6, 6.07) is -0.844. The van der Waals surface area contributed by atoms with E-state index in [4.69, 9.17) is 9.47 Å². The van der Waals surface area contributed by atoms with Gasteiger partial charge in [0, 0.05) is 6.42 Å². The Morgan fingerprint density at radius 2 is 0.808 bits per heavy atom. The molecule has 78 heavy (non-hydrogen) atoms. The van der Waals surface area contributed by atoms with Gasteiger partial charge in [-0.15, -0.1) is 0 Å². The second-order valence-electron chi connectivity index (χ2n) is 20.4. The van der Waals surface area contributed by atoms with Gasteiger partial charge in [0.1, 0.15) is 24.4 Å². The molecule has 0 saturated carbocycles. The Balaban J connectivity index is 2.20. The number of aliphatic hydroxyl groups is 5. The number of hydrogen-bond donors (Lipinski definition) is 6. The Kier molecular flexibility index (Phi) is 51.7. The highest BCUT2D eigenvalue weighted by atomic mass is 16.7. The van der Waals surface area contributed by atoms with Crippen molar-refractivity contribution in [3.8, 4) is 0 Å². The van der Waals surface area contributed by atoms with Gasteiger partial charge in [-0.3, -0.25) is 4.79 Å². The quantitative estimate of drug-likeness (QED) is 0.0261. The predicted octanol–water partition coefficient (Wildman–Crippen LogP) is 16.0. The lowest BCUT2D eigenvalue weighted by Gasteiger charge is -2.40. The van der Waals surface area contributed by atoms with Crippen LogP contribution in [-0.2, 0) is 14.3 Å². The zero-order chi connectivity index (χ0) is 56.5. The standard InChI is InChI=1S/C69H111NO8/c1-3-5-7-9-11-13-15-17-19-21-22-23-24-25-26-27-28-29-30-31-32-33-34-35-36-37-38-39-40-41-42-43-45-47-49-51-53-55-57-59-65(73)70-62(61-77-69-68(76)67(75)66(74)64(60-71)78-69)63(72)58-56-54-52-50-48-46-44-20-18-16-14-12-10-8-6-4-2/h5,7,11,13,17-20,22-23,25-26,28-29,31-32,34-35,37-38,40-41,48,50,56,58,62-64,66-69,71-72,74-76H,3-4,6,8-10,12,14-16,21,24,27,30,33,36,39,42-47,49,51-55,57,59-61H2,1-2H3,(H,70,73)/b7-5-,13-11-,19-17-,20-18+,23-22-,26-25-,29-28-,32-31-,35-34-,38-37-,41-40-,50-48+,58-56+. The fourth-order valence-electron chi connectivity index (χ4n) is 8.51. The second-order valence-corrected chi connectivity index (χ2v) is 20.4. The number of rotatable bonds is 50. The molecule has 0 aromatic rings. The van der Waals surface area contributed by atoms with Gasteiger partial charge < -0.3 is 40.3 Å². The van der Waals surface area contributed by atoms with Gasteiger partial charge >= 0.3 is 0 Å². The Morgan fingerprint density at radius 1 is 0.449 bits per heavy atom. The van der Waals surface area contributed by atoms with Crippen LogP contribution >= 0.6 is 0 Å². The predicted molar refractivity (Wildman–Crippen MR) is 331 cm³/mol. The minimum atomic E-state index is -1.59. The van der Waals surface area contributed by atoms with Crippen molar-refractivity contribution < 1.29 is 39.8 Å². The molecular weight excluding hydrogens is 971 g/mol. The Morgan fingerprint density at radius 3 is 1.23 bits per heavy atom. The van der Waals surface area contributed by atoms with Gasteiger partial charge in [-0.05, 0) is 122 Å². The summed E-state index contributed by atoms with van der Waals surface area (Å²) in [6.45, 7) is 3.61. The van der Waals surface area contributed by atoms with Crippen LogP contribution in [-0.4, -0.2) is 87.5 Å². The second kappa shape index (κ2) is 56.1. The van der Waals surface area contributed by atoms with Gasteiger partial charge in [-0.1, -0.05) is 242 Å². The fraction of sp³-hybridized carbons (Fsp3) is 0.609. The zero-order valence-electron chi connectivity index (χ0n) is 48.8. The van der Waals surface area contributed by atoms with Crippen molar-refractivity contribution in [2.45, 2.75) is 256 Å². The summed E-state index contributed by atoms with van der Waals surface area (Å²) in [4.78, 5) is 13.1. The van der Waals surface area contributed by atoms with E-state index in [9.17, 15) is 30.3 Å². The van der Waals surface area contributed by atoms with E-state index in [1.807, 2.05) is 6.08 Å². The molecule has 9 nitrogen and oxygen atoms in total. The SMILES string of the molecule is CC/C=C\C/C=C\C/C=C\C/C=C\C/C=C\C/C=C\C/C=C\C/C=C\C/C=C\C/C=C\CCCCCCCCCCC(=O)NC(COC1OC(CO)C(O)C(O)C1O)C(O)/C=C/CC/C=C/CC/C=C/CCCCCCCC. The molecule has 1 rings (SSSR count). The van der Waals surface area contributed by atoms with Crippen LogP contribution in [0.2, 0.25) is 0 Å². The maximum absolute atomic E-state index is 13.1. The first-order valence-corrected chi connectivity index (χ1v) is 30.7. The number of amides is 1. The van der Waals surface area contributed by atoms with E-state index in [1.165, 1.54) is 64.2 Å². The van der Waals surface area contributed by atoms with Gasteiger partial charge in [0.15, 0.2) is 6.29 Å². The van der Waals surface area contributed by atoms with Crippen LogP contribution in [0.5, 0.6) is 0 Å². The number of carbonyl (C=O) groups is 1. The normalized spacial score (nSPS) is 19.8. The van der Waals surface area contributed by atoms with E-state index in [1.54, 1.807) is 6.08 Å². The van der Waals surface area contributed by atoms with Gasteiger partial charge in [0.05, 0.1) is 25.4 Å². The molecule has 1 heterocycles. The first kappa shape index (κ1) is 71.8. The third-order valence-corrected chi connectivity index (χ3v) is 13.3. The Bertz CT molecular complexity index is 1780. The van der Waals surface area contributed by atoms with Gasteiger partial charge in [-0.25, -0.2) is 0 Å². The lowest BCUT2D eigenvalue weighted by atomic mass is 9.99. The summed E-state index contributed by atoms with van der Waals surface area (Å²) >= 11 is 0. The van der Waals surface area contributed by atoms with E-state index in [0.29, 0.717) is 6.42 Å². The smallest absolute Gasteiger partial charge is 0.220 e. The highest BCUT2D eigenvalue weighted by molar-refractivity contribution is 5.76. The maximum Gasteiger partial charge on any atom is 0.220 e. The van der Waals surface area contributed by atoms with E-state index in [2.05, 4.69) is 165 Å². The monoisotopic (exact) mass is 1080 g/mol. The van der Waals surface area contributed by atoms with Crippen molar-refractivity contribution in [1.82, 2.24) is 5.32 Å². The van der Waals surface area contributed by atoms with Crippen LogP contribution in [0, 0.1) is 0 Å². The van der Waals surface area contributed by atoms with Crippen molar-refractivity contribution in [2.75, 3.05) is 13.2 Å². The molecule has 7 atom stereocenters. The largest absolute Gasteiger partial charge is 0.394 e. The van der Waals surface area contributed by atoms with Gasteiger partial charge in [-0.2, -0.15) is 0 Å². The molecule has 440 valence electrons. The number of unbranched alkanes of at least 4 members (excludes halogenated alkanes) is 16. The molecule has 1 saturated heterocycles. The molecule has 1 amide bonds. The number of aliphatic hydroxyl groups excluding tert-OH is 5. The van der Waals surface area contributed by atoms with Crippen LogP contribution in [0.4, 0.5) is 0 Å². The Labute approximate surface area is 475 Å². The summed E-state index contributed by atoms with van der Waals surface area (Å²) in [7, 11) is 0. The number of nitrogens with one attached hydrogen (secondary N) is 1. The maximum atomic E-state index is 13.1. The average Bonchev–Trinajstić information content (AvgIpc) is 3.45. The van der Waals surface area contributed by atoms with Crippen molar-refractivity contribution >= 4 is 5.91 Å². The van der Waals surface area contributed by atoms with E-state index < -0.39 is 49.5 Å².